The van der Waals surface area contributed by atoms with Gasteiger partial charge in [-0.25, -0.2) is 9.37 Å². The average molecular weight is 375 g/mol. The Bertz CT molecular complexity index is 1010. The molecule has 2 heterocycles. The zero-order valence-electron chi connectivity index (χ0n) is 14.7. The van der Waals surface area contributed by atoms with Crippen LogP contribution in [0.4, 0.5) is 4.39 Å². The number of ether oxygens (including phenoxy) is 1. The quantitative estimate of drug-likeness (QED) is 0.687. The molecule has 0 aliphatic carbocycles. The van der Waals surface area contributed by atoms with Crippen molar-refractivity contribution >= 4 is 22.2 Å². The highest BCUT2D eigenvalue weighted by Gasteiger charge is 2.17. The zero-order chi connectivity index (χ0) is 18.8. The van der Waals surface area contributed by atoms with E-state index in [1.165, 1.54) is 51.0 Å². The number of fused-ring (bicyclic) bond motifs is 1. The third kappa shape index (κ3) is 3.75. The SMILES string of the molecule is Cc1sc2nc(COc3ccc(F)cc3)cc(=O)n2c1CC(=O)N(C)C. The van der Waals surface area contributed by atoms with Gasteiger partial charge in [0, 0.05) is 25.0 Å². The van der Waals surface area contributed by atoms with Crippen LogP contribution in [0.2, 0.25) is 0 Å². The number of carbonyl (C=O) groups is 1. The minimum atomic E-state index is -0.344. The van der Waals surface area contributed by atoms with Crippen LogP contribution in [0.1, 0.15) is 16.3 Å². The molecule has 0 aliphatic heterocycles. The second kappa shape index (κ2) is 7.25. The van der Waals surface area contributed by atoms with E-state index in [4.69, 9.17) is 4.74 Å². The summed E-state index contributed by atoms with van der Waals surface area (Å²) in [5.74, 6) is 0.0699. The molecule has 136 valence electrons. The zero-order valence-corrected chi connectivity index (χ0v) is 15.5. The maximum atomic E-state index is 12.9. The Hall–Kier alpha value is -2.74. The first-order valence-corrected chi connectivity index (χ1v) is 8.76. The first-order valence-electron chi connectivity index (χ1n) is 7.94. The van der Waals surface area contributed by atoms with Crippen molar-refractivity contribution in [3.8, 4) is 5.75 Å². The predicted molar refractivity (Wildman–Crippen MR) is 97.2 cm³/mol. The molecule has 0 radical (unpaired) electrons. The highest BCUT2D eigenvalue weighted by molar-refractivity contribution is 7.17. The molecule has 0 spiro atoms. The van der Waals surface area contributed by atoms with Gasteiger partial charge in [-0.15, -0.1) is 11.3 Å². The van der Waals surface area contributed by atoms with Gasteiger partial charge in [-0.3, -0.25) is 14.0 Å². The molecule has 0 bridgehead atoms. The summed E-state index contributed by atoms with van der Waals surface area (Å²) in [6.07, 6.45) is 0.145. The van der Waals surface area contributed by atoms with Crippen LogP contribution in [0.15, 0.2) is 35.1 Å². The topological polar surface area (TPSA) is 63.9 Å². The molecule has 6 nitrogen and oxygen atoms in total. The van der Waals surface area contributed by atoms with Gasteiger partial charge in [0.1, 0.15) is 18.2 Å². The van der Waals surface area contributed by atoms with E-state index in [9.17, 15) is 14.0 Å². The summed E-state index contributed by atoms with van der Waals surface area (Å²) in [4.78, 5) is 31.9. The predicted octanol–water partition coefficient (Wildman–Crippen LogP) is 2.41. The van der Waals surface area contributed by atoms with E-state index >= 15 is 0 Å². The van der Waals surface area contributed by atoms with Crippen molar-refractivity contribution in [2.45, 2.75) is 20.0 Å². The molecule has 26 heavy (non-hydrogen) atoms. The molecule has 1 amide bonds. The molecule has 3 rings (SSSR count). The number of carbonyl (C=O) groups excluding carboxylic acids is 1. The van der Waals surface area contributed by atoms with Gasteiger partial charge in [0.2, 0.25) is 5.91 Å². The summed E-state index contributed by atoms with van der Waals surface area (Å²) in [5.41, 5.74) is 0.886. The van der Waals surface area contributed by atoms with Crippen LogP contribution >= 0.6 is 11.3 Å². The van der Waals surface area contributed by atoms with Gasteiger partial charge in [-0.05, 0) is 31.2 Å². The first-order chi connectivity index (χ1) is 12.3. The van der Waals surface area contributed by atoms with Gasteiger partial charge >= 0.3 is 0 Å². The largest absolute Gasteiger partial charge is 0.487 e. The third-order valence-electron chi connectivity index (χ3n) is 3.88. The summed E-state index contributed by atoms with van der Waals surface area (Å²) >= 11 is 1.36. The van der Waals surface area contributed by atoms with Crippen LogP contribution in [0.25, 0.3) is 4.96 Å². The lowest BCUT2D eigenvalue weighted by Gasteiger charge is -2.10. The van der Waals surface area contributed by atoms with Gasteiger partial charge in [0.15, 0.2) is 4.96 Å². The Balaban J connectivity index is 1.87. The molecule has 8 heteroatoms. The van der Waals surface area contributed by atoms with Crippen LogP contribution in [0.3, 0.4) is 0 Å². The number of amides is 1. The van der Waals surface area contributed by atoms with E-state index < -0.39 is 0 Å². The van der Waals surface area contributed by atoms with Gasteiger partial charge in [-0.1, -0.05) is 0 Å². The van der Waals surface area contributed by atoms with Gasteiger partial charge in [0.05, 0.1) is 17.8 Å². The lowest BCUT2D eigenvalue weighted by molar-refractivity contribution is -0.128. The normalized spacial score (nSPS) is 10.9. The Morgan fingerprint density at radius 1 is 1.31 bits per heavy atom. The van der Waals surface area contributed by atoms with Crippen molar-refractivity contribution in [3.63, 3.8) is 0 Å². The Morgan fingerprint density at radius 3 is 2.65 bits per heavy atom. The summed E-state index contributed by atoms with van der Waals surface area (Å²) in [7, 11) is 3.36. The number of rotatable bonds is 5. The number of hydrogen-bond donors (Lipinski definition) is 0. The summed E-state index contributed by atoms with van der Waals surface area (Å²) < 4.78 is 19.9. The first kappa shape index (κ1) is 18.1. The Labute approximate surface area is 153 Å². The maximum absolute atomic E-state index is 12.9. The van der Waals surface area contributed by atoms with Crippen LogP contribution in [0.5, 0.6) is 5.75 Å². The van der Waals surface area contributed by atoms with Crippen LogP contribution in [-0.4, -0.2) is 34.3 Å². The highest BCUT2D eigenvalue weighted by atomic mass is 32.1. The second-order valence-corrected chi connectivity index (χ2v) is 7.20. The van der Waals surface area contributed by atoms with Crippen molar-refractivity contribution in [3.05, 3.63) is 62.8 Å². The number of aromatic nitrogens is 2. The number of benzene rings is 1. The molecule has 0 aliphatic rings. The molecule has 0 saturated carbocycles. The molecule has 0 N–H and O–H groups in total. The summed E-state index contributed by atoms with van der Waals surface area (Å²) in [5, 5.41) is 0. The van der Waals surface area contributed by atoms with Crippen molar-refractivity contribution in [2.24, 2.45) is 0 Å². The molecular formula is C18H18FN3O3S. The van der Waals surface area contributed by atoms with Gasteiger partial charge in [0.25, 0.3) is 5.56 Å². The van der Waals surface area contributed by atoms with Crippen molar-refractivity contribution in [1.29, 1.82) is 0 Å². The van der Waals surface area contributed by atoms with Crippen LogP contribution in [0, 0.1) is 12.7 Å². The number of likely N-dealkylation sites (N-methyl/N-ethyl adjacent to an activating group) is 1. The summed E-state index contributed by atoms with van der Waals surface area (Å²) in [6.45, 7) is 1.96. The van der Waals surface area contributed by atoms with Crippen molar-refractivity contribution < 1.29 is 13.9 Å². The lowest BCUT2D eigenvalue weighted by atomic mass is 10.2. The van der Waals surface area contributed by atoms with Crippen LogP contribution < -0.4 is 10.3 Å². The molecular weight excluding hydrogens is 357 g/mol. The molecule has 0 fully saturated rings. The maximum Gasteiger partial charge on any atom is 0.259 e. The van der Waals surface area contributed by atoms with Gasteiger partial charge in [-0.2, -0.15) is 0 Å². The standard InChI is InChI=1S/C18H18FN3O3S/c1-11-15(9-16(23)21(2)3)22-17(24)8-13(20-18(22)26-11)10-25-14-6-4-12(19)5-7-14/h4-8H,9-10H2,1-3H3. The Morgan fingerprint density at radius 2 is 2.00 bits per heavy atom. The monoisotopic (exact) mass is 375 g/mol. The fraction of sp³-hybridized carbons (Fsp3) is 0.278. The third-order valence-corrected chi connectivity index (χ3v) is 4.88. The van der Waals surface area contributed by atoms with E-state index in [1.54, 1.807) is 14.1 Å². The number of thiazole rings is 1. The molecule has 0 unspecified atom stereocenters. The Kier molecular flexibility index (Phi) is 5.03. The number of nitrogens with zero attached hydrogens (tertiary/aromatic N) is 3. The average Bonchev–Trinajstić information content (AvgIpc) is 2.90. The number of hydrogen-bond acceptors (Lipinski definition) is 5. The lowest BCUT2D eigenvalue weighted by Crippen LogP contribution is -2.26. The van der Waals surface area contributed by atoms with E-state index in [2.05, 4.69) is 4.98 Å². The molecule has 0 saturated heterocycles. The second-order valence-electron chi connectivity index (χ2n) is 6.02. The van der Waals surface area contributed by atoms with E-state index in [1.807, 2.05) is 6.92 Å². The molecule has 1 aromatic carbocycles. The van der Waals surface area contributed by atoms with Gasteiger partial charge < -0.3 is 9.64 Å². The minimum Gasteiger partial charge on any atom is -0.487 e. The molecule has 2 aromatic heterocycles. The number of aryl methyl sites for hydroxylation is 1. The molecule has 0 atom stereocenters. The van der Waals surface area contributed by atoms with E-state index in [0.717, 1.165) is 4.88 Å². The molecule has 3 aromatic rings. The van der Waals surface area contributed by atoms with E-state index in [-0.39, 0.29) is 30.3 Å². The van der Waals surface area contributed by atoms with Crippen molar-refractivity contribution in [2.75, 3.05) is 14.1 Å². The van der Waals surface area contributed by atoms with Crippen LogP contribution in [-0.2, 0) is 17.8 Å². The van der Waals surface area contributed by atoms with Crippen molar-refractivity contribution in [1.82, 2.24) is 14.3 Å². The number of halogens is 1. The highest BCUT2D eigenvalue weighted by Crippen LogP contribution is 2.21. The minimum absolute atomic E-state index is 0.0802. The fourth-order valence-electron chi connectivity index (χ4n) is 2.44. The smallest absolute Gasteiger partial charge is 0.259 e. The van der Waals surface area contributed by atoms with E-state index in [0.29, 0.717) is 22.1 Å². The fourth-order valence-corrected chi connectivity index (χ4v) is 3.45. The summed E-state index contributed by atoms with van der Waals surface area (Å²) in [6, 6.07) is 7.03.